The molecule has 2 aliphatic heterocycles. The van der Waals surface area contributed by atoms with E-state index in [1.807, 2.05) is 0 Å². The van der Waals surface area contributed by atoms with E-state index in [0.717, 1.165) is 50.4 Å². The smallest absolute Gasteiger partial charge is 0.0794 e. The highest BCUT2D eigenvalue weighted by molar-refractivity contribution is 9.10. The summed E-state index contributed by atoms with van der Waals surface area (Å²) >= 11 is 3.56. The number of hydrogen-bond acceptors (Lipinski definition) is 4. The summed E-state index contributed by atoms with van der Waals surface area (Å²) in [6, 6.07) is 9.01. The first-order valence-corrected chi connectivity index (χ1v) is 8.99. The van der Waals surface area contributed by atoms with Gasteiger partial charge in [0.25, 0.3) is 0 Å². The Kier molecular flexibility index (Phi) is 5.88. The fourth-order valence-corrected chi connectivity index (χ4v) is 3.96. The lowest BCUT2D eigenvalue weighted by Gasteiger charge is -2.32. The molecule has 0 radical (unpaired) electrons. The van der Waals surface area contributed by atoms with Crippen LogP contribution in [0.3, 0.4) is 0 Å². The number of β-amino-alcohol motifs (C(OH)–C–C–N with tert-alkyl or cyclic N) is 1. The largest absolute Gasteiger partial charge is 0.390 e. The summed E-state index contributed by atoms with van der Waals surface area (Å²) in [7, 11) is 0. The molecule has 0 bridgehead atoms. The molecule has 2 aliphatic rings. The molecule has 1 aromatic rings. The molecule has 22 heavy (non-hydrogen) atoms. The first kappa shape index (κ1) is 16.4. The predicted molar refractivity (Wildman–Crippen MR) is 91.0 cm³/mol. The quantitative estimate of drug-likeness (QED) is 0.864. The van der Waals surface area contributed by atoms with Gasteiger partial charge in [0.05, 0.1) is 19.3 Å². The van der Waals surface area contributed by atoms with Crippen LogP contribution in [0.15, 0.2) is 28.7 Å². The Balaban J connectivity index is 1.56. The van der Waals surface area contributed by atoms with Gasteiger partial charge in [-0.2, -0.15) is 0 Å². The van der Waals surface area contributed by atoms with Crippen molar-refractivity contribution in [1.29, 1.82) is 0 Å². The predicted octanol–water partition coefficient (Wildman–Crippen LogP) is 2.28. The van der Waals surface area contributed by atoms with Gasteiger partial charge >= 0.3 is 0 Å². The molecule has 1 aromatic carbocycles. The second-order valence-electron chi connectivity index (χ2n) is 6.27. The van der Waals surface area contributed by atoms with E-state index in [1.165, 1.54) is 18.4 Å². The highest BCUT2D eigenvalue weighted by Crippen LogP contribution is 2.33. The topological polar surface area (TPSA) is 35.9 Å². The van der Waals surface area contributed by atoms with Crippen molar-refractivity contribution in [2.45, 2.75) is 25.0 Å². The minimum absolute atomic E-state index is 0.286. The van der Waals surface area contributed by atoms with Crippen molar-refractivity contribution >= 4 is 15.9 Å². The highest BCUT2D eigenvalue weighted by Gasteiger charge is 2.28. The number of morpholine rings is 1. The van der Waals surface area contributed by atoms with Crippen molar-refractivity contribution < 1.29 is 9.84 Å². The molecule has 0 aliphatic carbocycles. The lowest BCUT2D eigenvalue weighted by atomic mass is 10.0. The summed E-state index contributed by atoms with van der Waals surface area (Å²) in [5.41, 5.74) is 1.35. The van der Waals surface area contributed by atoms with Crippen LogP contribution in [-0.2, 0) is 4.74 Å². The normalized spacial score (nSPS) is 25.5. The van der Waals surface area contributed by atoms with Crippen LogP contribution < -0.4 is 0 Å². The molecule has 2 fully saturated rings. The number of nitrogens with zero attached hydrogens (tertiary/aromatic N) is 2. The van der Waals surface area contributed by atoms with E-state index in [4.69, 9.17) is 4.74 Å². The molecule has 0 aromatic heterocycles. The van der Waals surface area contributed by atoms with Crippen LogP contribution in [0.5, 0.6) is 0 Å². The van der Waals surface area contributed by atoms with E-state index in [0.29, 0.717) is 6.04 Å². The van der Waals surface area contributed by atoms with Crippen LogP contribution in [0, 0.1) is 0 Å². The van der Waals surface area contributed by atoms with Crippen LogP contribution in [0.2, 0.25) is 0 Å². The monoisotopic (exact) mass is 368 g/mol. The number of hydrogen-bond donors (Lipinski definition) is 1. The zero-order valence-electron chi connectivity index (χ0n) is 13.0. The molecule has 0 saturated carbocycles. The summed E-state index contributed by atoms with van der Waals surface area (Å²) in [5.74, 6) is 0. The van der Waals surface area contributed by atoms with Crippen molar-refractivity contribution in [3.05, 3.63) is 34.3 Å². The Morgan fingerprint density at radius 2 is 2.05 bits per heavy atom. The molecule has 5 heteroatoms. The summed E-state index contributed by atoms with van der Waals surface area (Å²) in [5, 5.41) is 10.4. The molecule has 0 spiro atoms. The van der Waals surface area contributed by atoms with Gasteiger partial charge in [-0.25, -0.2) is 0 Å². The molecule has 4 nitrogen and oxygen atoms in total. The molecule has 2 saturated heterocycles. The molecule has 0 unspecified atom stereocenters. The summed E-state index contributed by atoms with van der Waals surface area (Å²) in [6.07, 6.45) is 2.10. The molecule has 2 heterocycles. The van der Waals surface area contributed by atoms with Crippen LogP contribution in [0.1, 0.15) is 24.4 Å². The van der Waals surface area contributed by atoms with Gasteiger partial charge in [0, 0.05) is 36.7 Å². The zero-order valence-corrected chi connectivity index (χ0v) is 14.5. The van der Waals surface area contributed by atoms with Crippen LogP contribution in [-0.4, -0.2) is 66.9 Å². The summed E-state index contributed by atoms with van der Waals surface area (Å²) in [4.78, 5) is 4.74. The van der Waals surface area contributed by atoms with E-state index >= 15 is 0 Å². The van der Waals surface area contributed by atoms with Gasteiger partial charge in [0.1, 0.15) is 0 Å². The van der Waals surface area contributed by atoms with Gasteiger partial charge in [-0.3, -0.25) is 9.80 Å². The maximum absolute atomic E-state index is 10.4. The van der Waals surface area contributed by atoms with E-state index in [9.17, 15) is 5.11 Å². The second kappa shape index (κ2) is 7.88. The van der Waals surface area contributed by atoms with Gasteiger partial charge < -0.3 is 9.84 Å². The molecular formula is C17H25BrN2O2. The Morgan fingerprint density at radius 3 is 2.82 bits per heavy atom. The fraction of sp³-hybridized carbons (Fsp3) is 0.647. The summed E-state index contributed by atoms with van der Waals surface area (Å²) in [6.45, 7) is 6.05. The van der Waals surface area contributed by atoms with E-state index in [-0.39, 0.29) is 6.10 Å². The molecule has 122 valence electrons. The van der Waals surface area contributed by atoms with Crippen molar-refractivity contribution in [3.63, 3.8) is 0 Å². The number of likely N-dealkylation sites (tertiary alicyclic amines) is 1. The molecule has 0 amide bonds. The number of aliphatic hydroxyl groups is 1. The Labute approximate surface area is 141 Å². The Morgan fingerprint density at radius 1 is 1.23 bits per heavy atom. The first-order valence-electron chi connectivity index (χ1n) is 8.20. The van der Waals surface area contributed by atoms with E-state index < -0.39 is 0 Å². The van der Waals surface area contributed by atoms with Crippen molar-refractivity contribution in [2.75, 3.05) is 45.9 Å². The zero-order chi connectivity index (χ0) is 15.4. The lowest BCUT2D eigenvalue weighted by Crippen LogP contribution is -2.44. The van der Waals surface area contributed by atoms with Gasteiger partial charge in [0.15, 0.2) is 0 Å². The minimum atomic E-state index is -0.286. The SMILES string of the molecule is O[C@@H](CN1CCOCC1)CN1CCC[C@@H]1c1cccc(Br)c1. The van der Waals surface area contributed by atoms with Gasteiger partial charge in [-0.05, 0) is 37.1 Å². The average Bonchev–Trinajstić information content (AvgIpc) is 2.96. The maximum Gasteiger partial charge on any atom is 0.0794 e. The van der Waals surface area contributed by atoms with Crippen LogP contribution in [0.4, 0.5) is 0 Å². The third-order valence-corrected chi connectivity index (χ3v) is 5.11. The number of rotatable bonds is 5. The van der Waals surface area contributed by atoms with Crippen molar-refractivity contribution in [2.24, 2.45) is 0 Å². The van der Waals surface area contributed by atoms with E-state index in [1.54, 1.807) is 0 Å². The fourth-order valence-electron chi connectivity index (χ4n) is 3.55. The third kappa shape index (κ3) is 4.30. The van der Waals surface area contributed by atoms with Gasteiger partial charge in [0.2, 0.25) is 0 Å². The molecular weight excluding hydrogens is 344 g/mol. The van der Waals surface area contributed by atoms with Crippen molar-refractivity contribution in [1.82, 2.24) is 9.80 Å². The van der Waals surface area contributed by atoms with Gasteiger partial charge in [-0.15, -0.1) is 0 Å². The lowest BCUT2D eigenvalue weighted by molar-refractivity contribution is 0.00585. The average molecular weight is 369 g/mol. The second-order valence-corrected chi connectivity index (χ2v) is 7.19. The number of benzene rings is 1. The third-order valence-electron chi connectivity index (χ3n) is 4.62. The van der Waals surface area contributed by atoms with Crippen LogP contribution >= 0.6 is 15.9 Å². The van der Waals surface area contributed by atoms with Crippen molar-refractivity contribution in [3.8, 4) is 0 Å². The van der Waals surface area contributed by atoms with Crippen LogP contribution in [0.25, 0.3) is 0 Å². The minimum Gasteiger partial charge on any atom is -0.390 e. The van der Waals surface area contributed by atoms with E-state index in [2.05, 4.69) is 50.0 Å². The molecule has 1 N–H and O–H groups in total. The number of halogens is 1. The molecule has 2 atom stereocenters. The maximum atomic E-state index is 10.4. The number of ether oxygens (including phenoxy) is 1. The highest BCUT2D eigenvalue weighted by atomic mass is 79.9. The summed E-state index contributed by atoms with van der Waals surface area (Å²) < 4.78 is 6.49. The molecule has 3 rings (SSSR count). The first-order chi connectivity index (χ1) is 10.7. The standard InChI is InChI=1S/C17H25BrN2O2/c18-15-4-1-3-14(11-15)17-5-2-6-20(17)13-16(21)12-19-7-9-22-10-8-19/h1,3-4,11,16-17,21H,2,5-10,12-13H2/t16-,17+/m0/s1. The number of aliphatic hydroxyl groups excluding tert-OH is 1. The Bertz CT molecular complexity index is 479. The van der Waals surface area contributed by atoms with Gasteiger partial charge in [-0.1, -0.05) is 28.1 Å². The Hall–Kier alpha value is -0.460.